The van der Waals surface area contributed by atoms with Gasteiger partial charge in [0.2, 0.25) is 0 Å². The van der Waals surface area contributed by atoms with Gasteiger partial charge in [0.25, 0.3) is 0 Å². The van der Waals surface area contributed by atoms with Crippen LogP contribution < -0.4 is 5.73 Å². The number of nitrogens with two attached hydrogens (primary N) is 1. The number of aryl methyl sites for hydroxylation is 2. The maximum Gasteiger partial charge on any atom is 0.145 e. The molecule has 0 aliphatic carbocycles. The van der Waals surface area contributed by atoms with Crippen molar-refractivity contribution in [1.82, 2.24) is 19.7 Å². The maximum absolute atomic E-state index is 6.17. The molecule has 2 rings (SSSR count). The smallest absolute Gasteiger partial charge is 0.145 e. The second-order valence-corrected chi connectivity index (χ2v) is 4.27. The van der Waals surface area contributed by atoms with Gasteiger partial charge in [-0.05, 0) is 13.0 Å². The molecule has 0 amide bonds. The lowest BCUT2D eigenvalue weighted by atomic mass is 10.1. The van der Waals surface area contributed by atoms with Crippen LogP contribution in [0.15, 0.2) is 18.5 Å². The van der Waals surface area contributed by atoms with Crippen LogP contribution in [0.3, 0.4) is 0 Å². The predicted octanol–water partition coefficient (Wildman–Crippen LogP) is 1.41. The van der Waals surface area contributed by atoms with Crippen LogP contribution in [0, 0.1) is 6.92 Å². The monoisotopic (exact) mass is 251 g/mol. The topological polar surface area (TPSA) is 69.6 Å². The normalized spacial score (nSPS) is 12.7. The number of hydrogen-bond donors (Lipinski definition) is 1. The van der Waals surface area contributed by atoms with Crippen molar-refractivity contribution in [3.05, 3.63) is 40.7 Å². The highest BCUT2D eigenvalue weighted by molar-refractivity contribution is 6.31. The molecule has 0 aliphatic rings. The molecule has 5 nitrogen and oxygen atoms in total. The SMILES string of the molecule is Cc1nn(C)c(CC(N)c2ncccn2)c1Cl. The summed E-state index contributed by atoms with van der Waals surface area (Å²) in [7, 11) is 1.85. The van der Waals surface area contributed by atoms with E-state index in [1.807, 2.05) is 14.0 Å². The summed E-state index contributed by atoms with van der Waals surface area (Å²) in [5.41, 5.74) is 7.77. The molecule has 17 heavy (non-hydrogen) atoms. The number of hydrogen-bond acceptors (Lipinski definition) is 4. The Morgan fingerprint density at radius 2 is 2.06 bits per heavy atom. The van der Waals surface area contributed by atoms with Gasteiger partial charge in [-0.3, -0.25) is 4.68 Å². The minimum atomic E-state index is -0.275. The average molecular weight is 252 g/mol. The van der Waals surface area contributed by atoms with Crippen molar-refractivity contribution in [2.24, 2.45) is 12.8 Å². The summed E-state index contributed by atoms with van der Waals surface area (Å²) >= 11 is 6.17. The van der Waals surface area contributed by atoms with Gasteiger partial charge in [-0.15, -0.1) is 0 Å². The molecule has 0 saturated heterocycles. The number of aromatic nitrogens is 4. The van der Waals surface area contributed by atoms with Crippen LogP contribution in [0.4, 0.5) is 0 Å². The van der Waals surface area contributed by atoms with Crippen molar-refractivity contribution >= 4 is 11.6 Å². The van der Waals surface area contributed by atoms with Crippen LogP contribution >= 0.6 is 11.6 Å². The van der Waals surface area contributed by atoms with Crippen molar-refractivity contribution in [3.63, 3.8) is 0 Å². The van der Waals surface area contributed by atoms with Gasteiger partial charge in [-0.2, -0.15) is 5.10 Å². The van der Waals surface area contributed by atoms with Crippen LogP contribution in [0.5, 0.6) is 0 Å². The lowest BCUT2D eigenvalue weighted by molar-refractivity contribution is 0.614. The molecule has 2 aromatic heterocycles. The van der Waals surface area contributed by atoms with E-state index in [1.165, 1.54) is 0 Å². The molecule has 0 fully saturated rings. The third-order valence-electron chi connectivity index (χ3n) is 2.59. The molecule has 90 valence electrons. The van der Waals surface area contributed by atoms with Gasteiger partial charge in [0, 0.05) is 25.9 Å². The highest BCUT2D eigenvalue weighted by atomic mass is 35.5. The molecular weight excluding hydrogens is 238 g/mol. The van der Waals surface area contributed by atoms with Gasteiger partial charge in [0.1, 0.15) is 5.82 Å². The Morgan fingerprint density at radius 3 is 2.59 bits per heavy atom. The average Bonchev–Trinajstić information content (AvgIpc) is 2.57. The zero-order valence-corrected chi connectivity index (χ0v) is 10.5. The van der Waals surface area contributed by atoms with Crippen molar-refractivity contribution in [1.29, 1.82) is 0 Å². The summed E-state index contributed by atoms with van der Waals surface area (Å²) < 4.78 is 1.75. The number of halogens is 1. The molecule has 2 heterocycles. The molecule has 6 heteroatoms. The van der Waals surface area contributed by atoms with Gasteiger partial charge in [0.15, 0.2) is 0 Å². The van der Waals surface area contributed by atoms with Gasteiger partial charge in [-0.25, -0.2) is 9.97 Å². The molecule has 2 aromatic rings. The van der Waals surface area contributed by atoms with Gasteiger partial charge in [0.05, 0.1) is 22.5 Å². The van der Waals surface area contributed by atoms with E-state index in [9.17, 15) is 0 Å². The highest BCUT2D eigenvalue weighted by Crippen LogP contribution is 2.23. The van der Waals surface area contributed by atoms with E-state index < -0.39 is 0 Å². The fraction of sp³-hybridized carbons (Fsp3) is 0.364. The molecule has 0 saturated carbocycles. The van der Waals surface area contributed by atoms with E-state index in [1.54, 1.807) is 23.1 Å². The molecule has 0 spiro atoms. The molecule has 0 bridgehead atoms. The largest absolute Gasteiger partial charge is 0.321 e. The van der Waals surface area contributed by atoms with Gasteiger partial charge in [-0.1, -0.05) is 11.6 Å². The molecule has 0 aromatic carbocycles. The fourth-order valence-electron chi connectivity index (χ4n) is 1.70. The van der Waals surface area contributed by atoms with Gasteiger partial charge >= 0.3 is 0 Å². The van der Waals surface area contributed by atoms with E-state index in [-0.39, 0.29) is 6.04 Å². The third kappa shape index (κ3) is 2.45. The predicted molar refractivity (Wildman–Crippen MR) is 65.6 cm³/mol. The van der Waals surface area contributed by atoms with Crippen molar-refractivity contribution in [3.8, 4) is 0 Å². The van der Waals surface area contributed by atoms with Crippen LogP contribution in [0.2, 0.25) is 5.02 Å². The van der Waals surface area contributed by atoms with E-state index in [2.05, 4.69) is 15.1 Å². The molecule has 1 unspecified atom stereocenters. The zero-order valence-electron chi connectivity index (χ0n) is 9.76. The summed E-state index contributed by atoms with van der Waals surface area (Å²) in [6, 6.07) is 1.49. The standard InChI is InChI=1S/C11H14ClN5/c1-7-10(12)9(17(2)16-7)6-8(13)11-14-4-3-5-15-11/h3-5,8H,6,13H2,1-2H3. The Balaban J connectivity index is 2.22. The minimum Gasteiger partial charge on any atom is -0.321 e. The maximum atomic E-state index is 6.17. The fourth-order valence-corrected chi connectivity index (χ4v) is 1.94. The highest BCUT2D eigenvalue weighted by Gasteiger charge is 2.16. The molecule has 1 atom stereocenters. The Kier molecular flexibility index (Phi) is 3.40. The van der Waals surface area contributed by atoms with E-state index >= 15 is 0 Å². The number of rotatable bonds is 3. The van der Waals surface area contributed by atoms with E-state index in [0.717, 1.165) is 11.4 Å². The first-order valence-electron chi connectivity index (χ1n) is 5.30. The van der Waals surface area contributed by atoms with Crippen LogP contribution in [0.1, 0.15) is 23.3 Å². The van der Waals surface area contributed by atoms with E-state index in [0.29, 0.717) is 17.3 Å². The first-order valence-corrected chi connectivity index (χ1v) is 5.68. The Morgan fingerprint density at radius 1 is 1.41 bits per heavy atom. The quantitative estimate of drug-likeness (QED) is 0.896. The molecule has 2 N–H and O–H groups in total. The second-order valence-electron chi connectivity index (χ2n) is 3.89. The van der Waals surface area contributed by atoms with Gasteiger partial charge < -0.3 is 5.73 Å². The minimum absolute atomic E-state index is 0.275. The van der Waals surface area contributed by atoms with Crippen LogP contribution in [0.25, 0.3) is 0 Å². The summed E-state index contributed by atoms with van der Waals surface area (Å²) in [6.45, 7) is 1.87. The molecule has 0 radical (unpaired) electrons. The summed E-state index contributed by atoms with van der Waals surface area (Å²) in [5, 5.41) is 4.91. The van der Waals surface area contributed by atoms with Crippen LogP contribution in [-0.4, -0.2) is 19.7 Å². The Hall–Kier alpha value is -1.46. The second kappa shape index (κ2) is 4.81. The van der Waals surface area contributed by atoms with E-state index in [4.69, 9.17) is 17.3 Å². The van der Waals surface area contributed by atoms with Crippen LogP contribution in [-0.2, 0) is 13.5 Å². The first kappa shape index (κ1) is 12.0. The third-order valence-corrected chi connectivity index (χ3v) is 3.08. The Labute approximate surface area is 105 Å². The molecule has 0 aliphatic heterocycles. The molecular formula is C11H14ClN5. The summed E-state index contributed by atoms with van der Waals surface area (Å²) in [5.74, 6) is 0.613. The lowest BCUT2D eigenvalue weighted by Gasteiger charge is -2.10. The van der Waals surface area contributed by atoms with Crippen molar-refractivity contribution < 1.29 is 0 Å². The zero-order chi connectivity index (χ0) is 12.4. The lowest BCUT2D eigenvalue weighted by Crippen LogP contribution is -2.18. The summed E-state index contributed by atoms with van der Waals surface area (Å²) in [4.78, 5) is 8.26. The van der Waals surface area contributed by atoms with Crippen molar-refractivity contribution in [2.75, 3.05) is 0 Å². The van der Waals surface area contributed by atoms with Crippen molar-refractivity contribution in [2.45, 2.75) is 19.4 Å². The summed E-state index contributed by atoms with van der Waals surface area (Å²) in [6.07, 6.45) is 3.93. The first-order chi connectivity index (χ1) is 8.09. The Bertz CT molecular complexity index is 508. The number of nitrogens with zero attached hydrogens (tertiary/aromatic N) is 4.